The van der Waals surface area contributed by atoms with Gasteiger partial charge >= 0.3 is 6.09 Å². The summed E-state index contributed by atoms with van der Waals surface area (Å²) in [5, 5.41) is 2.47. The third kappa shape index (κ3) is 2.78. The highest BCUT2D eigenvalue weighted by Crippen LogP contribution is 2.28. The topological polar surface area (TPSA) is 73.9 Å². The second kappa shape index (κ2) is 5.60. The van der Waals surface area contributed by atoms with Gasteiger partial charge in [-0.1, -0.05) is 0 Å². The predicted octanol–water partition coefficient (Wildman–Crippen LogP) is 1.39. The number of rotatable bonds is 3. The first-order valence-corrected chi connectivity index (χ1v) is 5.94. The molecular weight excluding hydrogens is 250 g/mol. The van der Waals surface area contributed by atoms with Gasteiger partial charge in [-0.3, -0.25) is 4.79 Å². The number of hydrogen-bond donors (Lipinski definition) is 1. The maximum absolute atomic E-state index is 12.2. The van der Waals surface area contributed by atoms with Gasteiger partial charge < -0.3 is 19.5 Å². The molecule has 6 nitrogen and oxygen atoms in total. The van der Waals surface area contributed by atoms with Crippen LogP contribution in [0.4, 0.5) is 4.79 Å². The standard InChI is InChI=1S/C13H15NO5/c1-3-18-13(16)14-10-7-19-11-5-4-8(17-2)6-9(11)12(10)15/h4-6,10H,3,7H2,1-2H3,(H,14,16). The predicted molar refractivity (Wildman–Crippen MR) is 66.8 cm³/mol. The Morgan fingerprint density at radius 3 is 3.00 bits per heavy atom. The number of ketones is 1. The number of carbonyl (C=O) groups is 2. The largest absolute Gasteiger partial charge is 0.497 e. The van der Waals surface area contributed by atoms with E-state index in [4.69, 9.17) is 14.2 Å². The lowest BCUT2D eigenvalue weighted by molar-refractivity contribution is 0.0846. The second-order valence-corrected chi connectivity index (χ2v) is 3.95. The van der Waals surface area contributed by atoms with E-state index in [1.54, 1.807) is 25.1 Å². The van der Waals surface area contributed by atoms with Crippen molar-refractivity contribution in [2.45, 2.75) is 13.0 Å². The van der Waals surface area contributed by atoms with Crippen LogP contribution < -0.4 is 14.8 Å². The smallest absolute Gasteiger partial charge is 0.407 e. The molecular formula is C13H15NO5. The van der Waals surface area contributed by atoms with Crippen LogP contribution in [0.15, 0.2) is 18.2 Å². The summed E-state index contributed by atoms with van der Waals surface area (Å²) in [5.74, 6) is 0.841. The molecule has 0 saturated heterocycles. The molecule has 0 spiro atoms. The summed E-state index contributed by atoms with van der Waals surface area (Å²) in [7, 11) is 1.52. The average Bonchev–Trinajstić information content (AvgIpc) is 2.42. The molecule has 1 amide bonds. The molecule has 1 atom stereocenters. The SMILES string of the molecule is CCOC(=O)NC1COc2ccc(OC)cc2C1=O. The minimum Gasteiger partial charge on any atom is -0.497 e. The third-order valence-electron chi connectivity index (χ3n) is 2.74. The van der Waals surface area contributed by atoms with E-state index in [1.165, 1.54) is 7.11 Å². The lowest BCUT2D eigenvalue weighted by Gasteiger charge is -2.24. The summed E-state index contributed by atoms with van der Waals surface area (Å²) in [6.45, 7) is 2.04. The molecule has 102 valence electrons. The summed E-state index contributed by atoms with van der Waals surface area (Å²) < 4.78 is 15.2. The first-order chi connectivity index (χ1) is 9.15. The van der Waals surface area contributed by atoms with Gasteiger partial charge in [0.1, 0.15) is 24.1 Å². The lowest BCUT2D eigenvalue weighted by atomic mass is 10.0. The molecule has 0 radical (unpaired) electrons. The molecule has 1 aliphatic rings. The van der Waals surface area contributed by atoms with E-state index in [0.29, 0.717) is 17.1 Å². The Morgan fingerprint density at radius 1 is 1.53 bits per heavy atom. The van der Waals surface area contributed by atoms with Crippen LogP contribution in [0.1, 0.15) is 17.3 Å². The number of ether oxygens (including phenoxy) is 3. The second-order valence-electron chi connectivity index (χ2n) is 3.95. The summed E-state index contributed by atoms with van der Waals surface area (Å²) >= 11 is 0. The van der Waals surface area contributed by atoms with Crippen molar-refractivity contribution >= 4 is 11.9 Å². The van der Waals surface area contributed by atoms with Crippen LogP contribution in [0, 0.1) is 0 Å². The highest BCUT2D eigenvalue weighted by molar-refractivity contribution is 6.04. The molecule has 1 aromatic carbocycles. The van der Waals surface area contributed by atoms with E-state index in [0.717, 1.165) is 0 Å². The van der Waals surface area contributed by atoms with E-state index >= 15 is 0 Å². The quantitative estimate of drug-likeness (QED) is 0.893. The molecule has 1 heterocycles. The van der Waals surface area contributed by atoms with Crippen LogP contribution in [0.5, 0.6) is 11.5 Å². The van der Waals surface area contributed by atoms with Crippen LogP contribution in [0.25, 0.3) is 0 Å². The van der Waals surface area contributed by atoms with Crippen LogP contribution in [-0.2, 0) is 4.74 Å². The molecule has 0 fully saturated rings. The Balaban J connectivity index is 2.16. The molecule has 6 heteroatoms. The molecule has 0 saturated carbocycles. The van der Waals surface area contributed by atoms with Crippen molar-refractivity contribution in [2.75, 3.05) is 20.3 Å². The number of hydrogen-bond acceptors (Lipinski definition) is 5. The molecule has 0 aliphatic carbocycles. The maximum Gasteiger partial charge on any atom is 0.407 e. The summed E-state index contributed by atoms with van der Waals surface area (Å²) in [6.07, 6.45) is -0.629. The number of nitrogens with one attached hydrogen (secondary N) is 1. The fourth-order valence-corrected chi connectivity index (χ4v) is 1.81. The van der Waals surface area contributed by atoms with E-state index in [-0.39, 0.29) is 19.0 Å². The lowest BCUT2D eigenvalue weighted by Crippen LogP contribution is -2.47. The normalized spacial score (nSPS) is 17.2. The monoisotopic (exact) mass is 265 g/mol. The van der Waals surface area contributed by atoms with Crippen molar-refractivity contribution in [1.82, 2.24) is 5.32 Å². The summed E-state index contributed by atoms with van der Waals surface area (Å²) in [5.41, 5.74) is 0.396. The number of Topliss-reactive ketones (excluding diaryl/α,β-unsaturated/α-hetero) is 1. The molecule has 0 aromatic heterocycles. The minimum absolute atomic E-state index is 0.0942. The molecule has 1 N–H and O–H groups in total. The fourth-order valence-electron chi connectivity index (χ4n) is 1.81. The third-order valence-corrected chi connectivity index (χ3v) is 2.74. The number of fused-ring (bicyclic) bond motifs is 1. The van der Waals surface area contributed by atoms with Crippen molar-refractivity contribution in [1.29, 1.82) is 0 Å². The summed E-state index contributed by atoms with van der Waals surface area (Å²) in [4.78, 5) is 23.5. The highest BCUT2D eigenvalue weighted by Gasteiger charge is 2.30. The zero-order valence-corrected chi connectivity index (χ0v) is 10.8. The number of alkyl carbamates (subject to hydrolysis) is 1. The van der Waals surface area contributed by atoms with Gasteiger partial charge in [-0.2, -0.15) is 0 Å². The molecule has 0 bridgehead atoms. The van der Waals surface area contributed by atoms with Crippen molar-refractivity contribution in [3.63, 3.8) is 0 Å². The zero-order chi connectivity index (χ0) is 13.8. The van der Waals surface area contributed by atoms with E-state index in [9.17, 15) is 9.59 Å². The van der Waals surface area contributed by atoms with Crippen molar-refractivity contribution in [3.05, 3.63) is 23.8 Å². The van der Waals surface area contributed by atoms with Gasteiger partial charge in [0, 0.05) is 0 Å². The molecule has 19 heavy (non-hydrogen) atoms. The van der Waals surface area contributed by atoms with Crippen LogP contribution in [-0.4, -0.2) is 38.2 Å². The van der Waals surface area contributed by atoms with Crippen molar-refractivity contribution in [2.24, 2.45) is 0 Å². The minimum atomic E-state index is -0.737. The van der Waals surface area contributed by atoms with Gasteiger partial charge in [-0.15, -0.1) is 0 Å². The van der Waals surface area contributed by atoms with Crippen LogP contribution in [0.3, 0.4) is 0 Å². The zero-order valence-electron chi connectivity index (χ0n) is 10.8. The first-order valence-electron chi connectivity index (χ1n) is 5.94. The Labute approximate surface area is 110 Å². The summed E-state index contributed by atoms with van der Waals surface area (Å²) in [6, 6.07) is 4.24. The molecule has 1 aliphatic heterocycles. The number of amides is 1. The van der Waals surface area contributed by atoms with Crippen LogP contribution in [0.2, 0.25) is 0 Å². The molecule has 1 aromatic rings. The molecule has 2 rings (SSSR count). The Morgan fingerprint density at radius 2 is 2.32 bits per heavy atom. The van der Waals surface area contributed by atoms with E-state index in [2.05, 4.69) is 5.32 Å². The Kier molecular flexibility index (Phi) is 3.89. The Hall–Kier alpha value is -2.24. The first kappa shape index (κ1) is 13.2. The highest BCUT2D eigenvalue weighted by atomic mass is 16.5. The van der Waals surface area contributed by atoms with Crippen molar-refractivity contribution < 1.29 is 23.8 Å². The Bertz CT molecular complexity index is 500. The average molecular weight is 265 g/mol. The van der Waals surface area contributed by atoms with Gasteiger partial charge in [-0.25, -0.2) is 4.79 Å². The van der Waals surface area contributed by atoms with Gasteiger partial charge in [0.2, 0.25) is 0 Å². The number of benzene rings is 1. The van der Waals surface area contributed by atoms with Gasteiger partial charge in [0.25, 0.3) is 0 Å². The maximum atomic E-state index is 12.2. The van der Waals surface area contributed by atoms with Gasteiger partial charge in [0.15, 0.2) is 5.78 Å². The number of carbonyl (C=O) groups excluding carboxylic acids is 2. The molecule has 1 unspecified atom stereocenters. The number of methoxy groups -OCH3 is 1. The van der Waals surface area contributed by atoms with Crippen LogP contribution >= 0.6 is 0 Å². The van der Waals surface area contributed by atoms with E-state index < -0.39 is 12.1 Å². The fraction of sp³-hybridized carbons (Fsp3) is 0.385. The van der Waals surface area contributed by atoms with Gasteiger partial charge in [-0.05, 0) is 25.1 Å². The van der Waals surface area contributed by atoms with E-state index in [1.807, 2.05) is 0 Å². The van der Waals surface area contributed by atoms with Crippen molar-refractivity contribution in [3.8, 4) is 11.5 Å². The van der Waals surface area contributed by atoms with Gasteiger partial charge in [0.05, 0.1) is 19.3 Å².